The molecule has 0 saturated heterocycles. The van der Waals surface area contributed by atoms with Crippen LogP contribution in [0.1, 0.15) is 45.8 Å². The van der Waals surface area contributed by atoms with E-state index in [0.717, 1.165) is 37.2 Å². The van der Waals surface area contributed by atoms with Crippen LogP contribution in [0.25, 0.3) is 17.0 Å². The number of aromatic nitrogens is 4. The maximum Gasteiger partial charge on any atom is 0.250 e. The van der Waals surface area contributed by atoms with Crippen molar-refractivity contribution in [2.24, 2.45) is 11.5 Å². The van der Waals surface area contributed by atoms with Crippen LogP contribution in [0.5, 0.6) is 0 Å². The number of imidazole rings is 1. The van der Waals surface area contributed by atoms with Crippen molar-refractivity contribution in [2.45, 2.75) is 38.8 Å². The Hall–Kier alpha value is -3.78. The molecule has 5 rings (SSSR count). The molecule has 5 N–H and O–H groups in total. The van der Waals surface area contributed by atoms with Crippen LogP contribution in [-0.2, 0) is 25.9 Å². The van der Waals surface area contributed by atoms with Crippen LogP contribution in [0.15, 0.2) is 48.5 Å². The third kappa shape index (κ3) is 3.58. The summed E-state index contributed by atoms with van der Waals surface area (Å²) in [5.41, 5.74) is 16.6. The number of hydrogen-bond acceptors (Lipinski definition) is 6. The molecule has 162 valence electrons. The van der Waals surface area contributed by atoms with Crippen LogP contribution in [-0.4, -0.2) is 25.4 Å². The fourth-order valence-electron chi connectivity index (χ4n) is 4.32. The Morgan fingerprint density at radius 1 is 1.00 bits per heavy atom. The highest BCUT2D eigenvalue weighted by Crippen LogP contribution is 2.29. The number of benzene rings is 2. The molecule has 1 amide bonds. The minimum absolute atomic E-state index is 0.181. The molecular formula is C24H25N7O. The molecule has 32 heavy (non-hydrogen) atoms. The summed E-state index contributed by atoms with van der Waals surface area (Å²) in [6, 6.07) is 15.6. The van der Waals surface area contributed by atoms with Crippen LogP contribution in [0, 0.1) is 0 Å². The van der Waals surface area contributed by atoms with Crippen LogP contribution in [0.4, 0.5) is 5.82 Å². The summed E-state index contributed by atoms with van der Waals surface area (Å²) < 4.78 is 1.84. The van der Waals surface area contributed by atoms with Gasteiger partial charge in [0.15, 0.2) is 0 Å². The molecule has 8 nitrogen and oxygen atoms in total. The van der Waals surface area contributed by atoms with E-state index >= 15 is 0 Å². The molecule has 8 heteroatoms. The summed E-state index contributed by atoms with van der Waals surface area (Å²) in [7, 11) is 0. The Morgan fingerprint density at radius 3 is 2.59 bits per heavy atom. The summed E-state index contributed by atoms with van der Waals surface area (Å²) in [5.74, 6) is 1.40. The number of anilines is 1. The average Bonchev–Trinajstić information content (AvgIpc) is 3.21. The number of nitrogens with one attached hydrogen (secondary N) is 1. The zero-order chi connectivity index (χ0) is 22.1. The van der Waals surface area contributed by atoms with Gasteiger partial charge in [-0.15, -0.1) is 0 Å². The lowest BCUT2D eigenvalue weighted by molar-refractivity contribution is 0.100. The molecule has 4 aromatic rings. The number of carbonyl (C=O) groups is 1. The van der Waals surface area contributed by atoms with E-state index in [-0.39, 0.29) is 6.54 Å². The van der Waals surface area contributed by atoms with E-state index in [0.29, 0.717) is 34.9 Å². The quantitative estimate of drug-likeness (QED) is 0.435. The number of amides is 1. The largest absolute Gasteiger partial charge is 0.366 e. The molecule has 1 aliphatic rings. The minimum atomic E-state index is -0.527. The van der Waals surface area contributed by atoms with Crippen molar-refractivity contribution in [1.29, 1.82) is 0 Å². The Bertz CT molecular complexity index is 1300. The maximum absolute atomic E-state index is 11.9. The van der Waals surface area contributed by atoms with Gasteiger partial charge in [0.1, 0.15) is 17.2 Å². The van der Waals surface area contributed by atoms with Gasteiger partial charge in [-0.05, 0) is 43.4 Å². The van der Waals surface area contributed by atoms with Gasteiger partial charge in [0.05, 0.1) is 23.3 Å². The van der Waals surface area contributed by atoms with Gasteiger partial charge < -0.3 is 16.8 Å². The summed E-state index contributed by atoms with van der Waals surface area (Å²) >= 11 is 0. The van der Waals surface area contributed by atoms with Gasteiger partial charge in [-0.1, -0.05) is 36.4 Å². The molecule has 2 aromatic heterocycles. The number of hydrogen-bond donors (Lipinski definition) is 3. The molecule has 2 aromatic carbocycles. The van der Waals surface area contributed by atoms with Gasteiger partial charge in [0, 0.05) is 12.1 Å². The molecule has 0 atom stereocenters. The summed E-state index contributed by atoms with van der Waals surface area (Å²) in [6.07, 6.45) is 4.08. The van der Waals surface area contributed by atoms with E-state index in [4.69, 9.17) is 21.4 Å². The third-order valence-corrected chi connectivity index (χ3v) is 5.88. The van der Waals surface area contributed by atoms with Crippen molar-refractivity contribution in [3.05, 3.63) is 76.7 Å². The zero-order valence-electron chi connectivity index (χ0n) is 17.7. The highest BCUT2D eigenvalue weighted by atomic mass is 16.1. The van der Waals surface area contributed by atoms with Crippen molar-refractivity contribution in [3.8, 4) is 5.95 Å². The number of carbonyl (C=O) groups excluding carboxylic acids is 1. The fourth-order valence-corrected chi connectivity index (χ4v) is 4.32. The third-order valence-electron chi connectivity index (χ3n) is 5.88. The molecular weight excluding hydrogens is 402 g/mol. The van der Waals surface area contributed by atoms with E-state index in [1.54, 1.807) is 12.1 Å². The lowest BCUT2D eigenvalue weighted by Gasteiger charge is -2.20. The number of nitrogens with two attached hydrogens (primary N) is 2. The van der Waals surface area contributed by atoms with E-state index in [1.165, 1.54) is 11.1 Å². The molecule has 0 radical (unpaired) electrons. The van der Waals surface area contributed by atoms with Crippen LogP contribution in [0.2, 0.25) is 0 Å². The first kappa shape index (κ1) is 20.1. The lowest BCUT2D eigenvalue weighted by atomic mass is 9.96. The first-order chi connectivity index (χ1) is 15.7. The van der Waals surface area contributed by atoms with Gasteiger partial charge in [-0.25, -0.2) is 9.97 Å². The first-order valence-electron chi connectivity index (χ1n) is 10.8. The molecule has 1 aliphatic carbocycles. The Kier molecular flexibility index (Phi) is 5.28. The van der Waals surface area contributed by atoms with Crippen molar-refractivity contribution < 1.29 is 4.79 Å². The van der Waals surface area contributed by atoms with E-state index in [1.807, 2.05) is 28.8 Å². The topological polar surface area (TPSA) is 125 Å². The minimum Gasteiger partial charge on any atom is -0.366 e. The molecule has 0 saturated carbocycles. The summed E-state index contributed by atoms with van der Waals surface area (Å²) in [5, 5.41) is 3.52. The smallest absolute Gasteiger partial charge is 0.250 e. The molecule has 0 fully saturated rings. The van der Waals surface area contributed by atoms with E-state index in [2.05, 4.69) is 22.4 Å². The standard InChI is InChI=1S/C24H25N7O/c25-13-20-29-21-17(22(26)32)10-6-12-19(21)31(20)24-28-18-11-5-4-9-16(18)23(30-24)27-14-15-7-2-1-3-8-15/h1-3,6-8,10,12H,4-5,9,11,13-14,25H2,(H2,26,32)(H,27,28,30). The van der Waals surface area contributed by atoms with Crippen molar-refractivity contribution in [2.75, 3.05) is 5.32 Å². The van der Waals surface area contributed by atoms with Crippen molar-refractivity contribution >= 4 is 22.8 Å². The number of nitrogens with zero attached hydrogens (tertiary/aromatic N) is 4. The Balaban J connectivity index is 1.64. The lowest BCUT2D eigenvalue weighted by Crippen LogP contribution is -2.17. The molecule has 2 heterocycles. The molecule has 0 spiro atoms. The van der Waals surface area contributed by atoms with Crippen LogP contribution < -0.4 is 16.8 Å². The molecule has 0 bridgehead atoms. The molecule has 0 aliphatic heterocycles. The summed E-state index contributed by atoms with van der Waals surface area (Å²) in [6.45, 7) is 0.851. The average molecular weight is 428 g/mol. The number of fused-ring (bicyclic) bond motifs is 2. The monoisotopic (exact) mass is 427 g/mol. The summed E-state index contributed by atoms with van der Waals surface area (Å²) in [4.78, 5) is 26.3. The normalized spacial score (nSPS) is 13.2. The van der Waals surface area contributed by atoms with Crippen molar-refractivity contribution in [1.82, 2.24) is 19.5 Å². The number of aryl methyl sites for hydroxylation is 1. The second-order valence-electron chi connectivity index (χ2n) is 7.95. The van der Waals surface area contributed by atoms with Crippen molar-refractivity contribution in [3.63, 3.8) is 0 Å². The fraction of sp³-hybridized carbons (Fsp3) is 0.250. The van der Waals surface area contributed by atoms with Gasteiger partial charge in [0.25, 0.3) is 5.91 Å². The maximum atomic E-state index is 11.9. The second kappa shape index (κ2) is 8.39. The van der Waals surface area contributed by atoms with Crippen LogP contribution in [0.3, 0.4) is 0 Å². The van der Waals surface area contributed by atoms with Crippen LogP contribution >= 0.6 is 0 Å². The van der Waals surface area contributed by atoms with Gasteiger partial charge in [-0.2, -0.15) is 4.98 Å². The van der Waals surface area contributed by atoms with Gasteiger partial charge in [-0.3, -0.25) is 9.36 Å². The highest BCUT2D eigenvalue weighted by molar-refractivity contribution is 6.04. The SMILES string of the molecule is NCc1nc2c(C(N)=O)cccc2n1-c1nc2c(c(NCc3ccccc3)n1)CCCC2. The first-order valence-corrected chi connectivity index (χ1v) is 10.8. The van der Waals surface area contributed by atoms with Gasteiger partial charge >= 0.3 is 0 Å². The Labute approximate surface area is 185 Å². The highest BCUT2D eigenvalue weighted by Gasteiger charge is 2.22. The number of primary amides is 1. The van der Waals surface area contributed by atoms with E-state index < -0.39 is 5.91 Å². The number of para-hydroxylation sites is 1. The van der Waals surface area contributed by atoms with E-state index in [9.17, 15) is 4.79 Å². The zero-order valence-corrected chi connectivity index (χ0v) is 17.7. The predicted octanol–water partition coefficient (Wildman–Crippen LogP) is 2.86. The van der Waals surface area contributed by atoms with Gasteiger partial charge in [0.2, 0.25) is 5.95 Å². The predicted molar refractivity (Wildman–Crippen MR) is 123 cm³/mol. The second-order valence-corrected chi connectivity index (χ2v) is 7.95. The number of rotatable bonds is 6. The Morgan fingerprint density at radius 2 is 1.81 bits per heavy atom. The molecule has 0 unspecified atom stereocenters.